The molecule has 6 N–H and O–H groups in total. The number of nitrogens with zero attached hydrogens (tertiary/aromatic N) is 1. The highest BCUT2D eigenvalue weighted by Crippen LogP contribution is 2.59. The average molecular weight is 530 g/mol. The van der Waals surface area contributed by atoms with Gasteiger partial charge in [-0.1, -0.05) is 0 Å². The summed E-state index contributed by atoms with van der Waals surface area (Å²) in [4.78, 5) is 47.4. The van der Waals surface area contributed by atoms with E-state index in [0.717, 1.165) is 4.57 Å². The van der Waals surface area contributed by atoms with Crippen LogP contribution in [0.4, 0.5) is 0 Å². The van der Waals surface area contributed by atoms with Crippen molar-refractivity contribution < 1.29 is 52.0 Å². The fourth-order valence-corrected chi connectivity index (χ4v) is 5.59. The molecule has 3 heterocycles. The van der Waals surface area contributed by atoms with Crippen LogP contribution in [0.15, 0.2) is 15.8 Å². The highest BCUT2D eigenvalue weighted by atomic mass is 31.3. The Morgan fingerprint density at radius 1 is 1.29 bits per heavy atom. The highest BCUT2D eigenvalue weighted by Gasteiger charge is 2.41. The third-order valence-electron chi connectivity index (χ3n) is 5.19. The number of phosphoric acid groups is 2. The number of H-pyrrole nitrogens is 1. The quantitative estimate of drug-likeness (QED) is 0.227. The van der Waals surface area contributed by atoms with E-state index in [0.29, 0.717) is 0 Å². The van der Waals surface area contributed by atoms with Gasteiger partial charge in [0.05, 0.1) is 18.8 Å². The topological polar surface area (TPSA) is 245 Å². The van der Waals surface area contributed by atoms with Gasteiger partial charge < -0.3 is 35.2 Å². The van der Waals surface area contributed by atoms with E-state index in [-0.39, 0.29) is 18.4 Å². The molecule has 194 valence electrons. The number of nitrogens with one attached hydrogen (secondary N) is 1. The van der Waals surface area contributed by atoms with Crippen molar-refractivity contribution in [2.24, 2.45) is 5.73 Å². The molecule has 2 fully saturated rings. The van der Waals surface area contributed by atoms with Gasteiger partial charge in [0.25, 0.3) is 13.4 Å². The van der Waals surface area contributed by atoms with Gasteiger partial charge in [0.1, 0.15) is 18.4 Å². The monoisotopic (exact) mass is 530 g/mol. The number of aromatic amines is 1. The molecule has 1 aromatic heterocycles. The zero-order valence-corrected chi connectivity index (χ0v) is 19.9. The van der Waals surface area contributed by atoms with Crippen molar-refractivity contribution in [1.82, 2.24) is 9.55 Å². The van der Waals surface area contributed by atoms with Crippen LogP contribution in [0.5, 0.6) is 0 Å². The molecule has 2 aliphatic heterocycles. The van der Waals surface area contributed by atoms with E-state index >= 15 is 0 Å². The summed E-state index contributed by atoms with van der Waals surface area (Å²) in [5, 5.41) is 20.1. The van der Waals surface area contributed by atoms with E-state index < -0.39 is 76.5 Å². The number of phosphoric ester groups is 2. The van der Waals surface area contributed by atoms with Crippen LogP contribution in [0.3, 0.4) is 0 Å². The molecule has 16 nitrogen and oxygen atoms in total. The maximum absolute atomic E-state index is 12.1. The van der Waals surface area contributed by atoms with E-state index in [1.165, 1.54) is 13.1 Å². The minimum Gasteiger partial charge on any atom is -0.756 e. The van der Waals surface area contributed by atoms with E-state index in [4.69, 9.17) is 15.2 Å². The zero-order valence-electron chi connectivity index (χ0n) is 18.1. The Labute approximate surface area is 192 Å². The molecular formula is C16H26N3O13P2-. The number of hydrogen-bond donors (Lipinski definition) is 5. The summed E-state index contributed by atoms with van der Waals surface area (Å²) < 4.78 is 49.1. The SMILES string of the molecule is Cc1cn([C@H]2C[C@@H](O)[C@@H](COP(=O)(O)OP(=O)([O-])O[C@@H]3OC(C)C[C@H](N)C3O)O2)c(=O)[nH]c1=O. The Morgan fingerprint density at radius 2 is 1.97 bits per heavy atom. The van der Waals surface area contributed by atoms with Crippen molar-refractivity contribution in [3.8, 4) is 0 Å². The second kappa shape index (κ2) is 10.4. The molecule has 0 spiro atoms. The molecule has 2 saturated heterocycles. The smallest absolute Gasteiger partial charge is 0.478 e. The van der Waals surface area contributed by atoms with Crippen LogP contribution < -0.4 is 21.9 Å². The van der Waals surface area contributed by atoms with Gasteiger partial charge in [-0.3, -0.25) is 28.0 Å². The first-order valence-corrected chi connectivity index (χ1v) is 13.1. The molecule has 0 bridgehead atoms. The highest BCUT2D eigenvalue weighted by molar-refractivity contribution is 7.60. The summed E-state index contributed by atoms with van der Waals surface area (Å²) >= 11 is 0. The second-order valence-electron chi connectivity index (χ2n) is 8.01. The molecule has 18 heteroatoms. The minimum atomic E-state index is -5.54. The summed E-state index contributed by atoms with van der Waals surface area (Å²) in [6, 6.07) is -0.862. The summed E-state index contributed by atoms with van der Waals surface area (Å²) in [7, 11) is -10.8. The van der Waals surface area contributed by atoms with Crippen molar-refractivity contribution in [3.63, 3.8) is 0 Å². The second-order valence-corrected chi connectivity index (χ2v) is 11.0. The lowest BCUT2D eigenvalue weighted by Crippen LogP contribution is -2.52. The van der Waals surface area contributed by atoms with Crippen LogP contribution in [-0.4, -0.2) is 68.0 Å². The molecule has 0 aromatic carbocycles. The number of aryl methyl sites for hydroxylation is 1. The van der Waals surface area contributed by atoms with Crippen LogP contribution in [0.1, 0.15) is 31.6 Å². The van der Waals surface area contributed by atoms with Crippen LogP contribution in [-0.2, 0) is 32.0 Å². The van der Waals surface area contributed by atoms with Crippen molar-refractivity contribution >= 4 is 15.6 Å². The number of nitrogens with two attached hydrogens (primary N) is 1. The van der Waals surface area contributed by atoms with Crippen LogP contribution in [0, 0.1) is 6.92 Å². The molecule has 4 unspecified atom stereocenters. The zero-order chi connectivity index (χ0) is 25.4. The van der Waals surface area contributed by atoms with Crippen LogP contribution in [0.25, 0.3) is 0 Å². The maximum atomic E-state index is 12.1. The maximum Gasteiger partial charge on any atom is 0.478 e. The normalized spacial score (nSPS) is 35.6. The van der Waals surface area contributed by atoms with Gasteiger partial charge >= 0.3 is 13.5 Å². The van der Waals surface area contributed by atoms with Gasteiger partial charge in [-0.05, 0) is 20.3 Å². The van der Waals surface area contributed by atoms with Crippen molar-refractivity contribution in [1.29, 1.82) is 0 Å². The number of ether oxygens (including phenoxy) is 2. The third-order valence-corrected chi connectivity index (χ3v) is 7.75. The molecule has 3 rings (SSSR count). The average Bonchev–Trinajstić information content (AvgIpc) is 3.06. The van der Waals surface area contributed by atoms with E-state index in [2.05, 4.69) is 18.3 Å². The summed E-state index contributed by atoms with van der Waals surface area (Å²) in [6.07, 6.45) is -6.10. The Kier molecular flexibility index (Phi) is 8.35. The number of aliphatic hydroxyl groups is 2. The van der Waals surface area contributed by atoms with E-state index in [9.17, 15) is 38.7 Å². The predicted octanol–water partition coefficient (Wildman–Crippen LogP) is -2.06. The molecule has 2 aliphatic rings. The van der Waals surface area contributed by atoms with E-state index in [1.54, 1.807) is 6.92 Å². The number of aromatic nitrogens is 2. The lowest BCUT2D eigenvalue weighted by molar-refractivity contribution is -0.265. The Morgan fingerprint density at radius 3 is 2.65 bits per heavy atom. The summed E-state index contributed by atoms with van der Waals surface area (Å²) in [5.74, 6) is 0. The standard InChI is InChI=1S/C16H27N3O13P2/c1-7-5-19(16(23)18-14(7)22)12-4-10(20)11(30-12)6-28-33(24,25)32-34(26,27)31-15-13(21)9(17)3-8(2)29-15/h5,8-13,15,20-21H,3-4,6,17H2,1-2H3,(H,24,25)(H,26,27)(H,18,22,23)/p-1/t8?,9-,10+,11+,12+,13?,15-/m0/s1. The van der Waals surface area contributed by atoms with Gasteiger partial charge in [0.15, 0.2) is 6.29 Å². The molecule has 0 amide bonds. The van der Waals surface area contributed by atoms with Gasteiger partial charge in [-0.15, -0.1) is 0 Å². The minimum absolute atomic E-state index is 0.130. The lowest BCUT2D eigenvalue weighted by Gasteiger charge is -2.38. The first-order chi connectivity index (χ1) is 15.7. The number of hydrogen-bond acceptors (Lipinski definition) is 13. The van der Waals surface area contributed by atoms with Crippen molar-refractivity contribution in [3.05, 3.63) is 32.6 Å². The van der Waals surface area contributed by atoms with Crippen molar-refractivity contribution in [2.45, 2.75) is 69.7 Å². The number of aliphatic hydroxyl groups excluding tert-OH is 2. The molecule has 1 aromatic rings. The first kappa shape index (κ1) is 27.3. The largest absolute Gasteiger partial charge is 0.756 e. The lowest BCUT2D eigenvalue weighted by atomic mass is 10.0. The number of rotatable bonds is 8. The molecule has 0 aliphatic carbocycles. The third kappa shape index (κ3) is 6.69. The molecular weight excluding hydrogens is 504 g/mol. The van der Waals surface area contributed by atoms with E-state index in [1.807, 2.05) is 0 Å². The predicted molar refractivity (Wildman–Crippen MR) is 109 cm³/mol. The van der Waals surface area contributed by atoms with Gasteiger partial charge in [0, 0.05) is 24.2 Å². The van der Waals surface area contributed by atoms with Crippen LogP contribution in [0.2, 0.25) is 0 Å². The van der Waals surface area contributed by atoms with Gasteiger partial charge in [-0.25, -0.2) is 13.7 Å². The van der Waals surface area contributed by atoms with Gasteiger partial charge in [0.2, 0.25) is 0 Å². The fourth-order valence-electron chi connectivity index (χ4n) is 3.48. The summed E-state index contributed by atoms with van der Waals surface area (Å²) in [6.45, 7) is 2.21. The fraction of sp³-hybridized carbons (Fsp3) is 0.750. The first-order valence-electron chi connectivity index (χ1n) is 10.1. The molecule has 9 atom stereocenters. The molecule has 0 radical (unpaired) electrons. The van der Waals surface area contributed by atoms with Crippen molar-refractivity contribution in [2.75, 3.05) is 6.61 Å². The Hall–Kier alpha value is -1.26. The summed E-state index contributed by atoms with van der Waals surface area (Å²) in [5.41, 5.74) is 4.49. The van der Waals surface area contributed by atoms with Gasteiger partial charge in [-0.2, -0.15) is 0 Å². The molecule has 0 saturated carbocycles. The molecule has 34 heavy (non-hydrogen) atoms. The van der Waals surface area contributed by atoms with Crippen LogP contribution >= 0.6 is 15.6 Å². The Balaban J connectivity index is 1.58. The Bertz CT molecular complexity index is 1090.